The predicted molar refractivity (Wildman–Crippen MR) is 79.5 cm³/mol. The van der Waals surface area contributed by atoms with E-state index in [4.69, 9.17) is 0 Å². The molecule has 1 aromatic heterocycles. The van der Waals surface area contributed by atoms with Crippen LogP contribution in [0.25, 0.3) is 11.3 Å². The zero-order valence-electron chi connectivity index (χ0n) is 9.89. The highest BCUT2D eigenvalue weighted by Crippen LogP contribution is 2.22. The molecule has 0 spiro atoms. The molecule has 0 fully saturated rings. The van der Waals surface area contributed by atoms with Gasteiger partial charge in [0.05, 0.1) is 10.7 Å². The summed E-state index contributed by atoms with van der Waals surface area (Å²) in [7, 11) is 1.03. The number of aromatic nitrogens is 1. The van der Waals surface area contributed by atoms with Crippen molar-refractivity contribution in [1.29, 1.82) is 0 Å². The molecule has 0 saturated heterocycles. The maximum absolute atomic E-state index is 4.68. The number of thioether (sulfide) groups is 1. The zero-order valence-corrected chi connectivity index (χ0v) is 11.7. The molecule has 1 atom stereocenters. The van der Waals surface area contributed by atoms with E-state index >= 15 is 0 Å². The molecule has 0 radical (unpaired) electrons. The van der Waals surface area contributed by atoms with E-state index in [0.717, 1.165) is 19.3 Å². The van der Waals surface area contributed by atoms with Crippen molar-refractivity contribution in [1.82, 2.24) is 4.98 Å². The lowest BCUT2D eigenvalue weighted by atomic mass is 10.1. The molecule has 3 heteroatoms. The van der Waals surface area contributed by atoms with E-state index in [-0.39, 0.29) is 0 Å². The van der Waals surface area contributed by atoms with Crippen molar-refractivity contribution >= 4 is 20.3 Å². The maximum Gasteiger partial charge on any atom is 0.0967 e. The van der Waals surface area contributed by atoms with Crippen LogP contribution in [0, 0.1) is 0 Å². The minimum Gasteiger partial charge on any atom is -0.241 e. The fourth-order valence-electron chi connectivity index (χ4n) is 1.52. The van der Waals surface area contributed by atoms with Gasteiger partial charge in [0, 0.05) is 11.3 Å². The SMILES string of the molecule is CPCCSc1cccc(-c2ccccc2)n1. The number of hydrogen-bond acceptors (Lipinski definition) is 2. The second-order valence-corrected chi connectivity index (χ2v) is 6.00. The Morgan fingerprint density at radius 2 is 1.88 bits per heavy atom. The molecular formula is C14H16NPS. The fourth-order valence-corrected chi connectivity index (χ4v) is 3.29. The number of rotatable bonds is 5. The molecule has 0 saturated carbocycles. The molecule has 2 rings (SSSR count). The quantitative estimate of drug-likeness (QED) is 0.455. The first-order valence-corrected chi connectivity index (χ1v) is 8.39. The molecule has 0 amide bonds. The summed E-state index contributed by atoms with van der Waals surface area (Å²) in [5.41, 5.74) is 2.25. The lowest BCUT2D eigenvalue weighted by molar-refractivity contribution is 1.14. The molecular weight excluding hydrogens is 245 g/mol. The van der Waals surface area contributed by atoms with Gasteiger partial charge in [-0.1, -0.05) is 36.4 Å². The number of pyridine rings is 1. The van der Waals surface area contributed by atoms with Crippen LogP contribution < -0.4 is 0 Å². The van der Waals surface area contributed by atoms with Gasteiger partial charge < -0.3 is 0 Å². The first kappa shape index (κ1) is 12.6. The number of nitrogens with zero attached hydrogens (tertiary/aromatic N) is 1. The van der Waals surface area contributed by atoms with Crippen LogP contribution >= 0.6 is 20.3 Å². The van der Waals surface area contributed by atoms with Crippen molar-refractivity contribution in [3.05, 3.63) is 48.5 Å². The number of benzene rings is 1. The van der Waals surface area contributed by atoms with Gasteiger partial charge >= 0.3 is 0 Å². The standard InChI is InChI=1S/C14H16NPS/c1-16-10-11-17-14-9-5-8-13(15-14)12-6-3-2-4-7-12/h2-9,16H,10-11H2,1H3. The summed E-state index contributed by atoms with van der Waals surface area (Å²) in [5.74, 6) is 1.17. The van der Waals surface area contributed by atoms with Crippen LogP contribution in [-0.4, -0.2) is 23.6 Å². The Morgan fingerprint density at radius 1 is 1.06 bits per heavy atom. The van der Waals surface area contributed by atoms with E-state index in [0.29, 0.717) is 0 Å². The number of hydrogen-bond donors (Lipinski definition) is 0. The topological polar surface area (TPSA) is 12.9 Å². The molecule has 1 heterocycles. The van der Waals surface area contributed by atoms with Crippen molar-refractivity contribution in [2.75, 3.05) is 18.6 Å². The summed E-state index contributed by atoms with van der Waals surface area (Å²) in [6.45, 7) is 2.24. The van der Waals surface area contributed by atoms with E-state index in [1.807, 2.05) is 17.8 Å². The van der Waals surface area contributed by atoms with E-state index in [2.05, 4.69) is 54.1 Å². The van der Waals surface area contributed by atoms with Gasteiger partial charge in [0.2, 0.25) is 0 Å². The van der Waals surface area contributed by atoms with E-state index in [1.165, 1.54) is 17.5 Å². The summed E-state index contributed by atoms with van der Waals surface area (Å²) in [4.78, 5) is 4.68. The van der Waals surface area contributed by atoms with Gasteiger partial charge in [0.25, 0.3) is 0 Å². The fraction of sp³-hybridized carbons (Fsp3) is 0.214. The molecule has 0 aliphatic heterocycles. The lowest BCUT2D eigenvalue weighted by Gasteiger charge is -2.04. The Bertz CT molecular complexity index is 459. The van der Waals surface area contributed by atoms with Crippen molar-refractivity contribution in [2.24, 2.45) is 0 Å². The van der Waals surface area contributed by atoms with Gasteiger partial charge in [-0.15, -0.1) is 20.3 Å². The average Bonchev–Trinajstić information content (AvgIpc) is 2.41. The Morgan fingerprint density at radius 3 is 2.65 bits per heavy atom. The van der Waals surface area contributed by atoms with Crippen LogP contribution in [0.2, 0.25) is 0 Å². The zero-order chi connectivity index (χ0) is 11.9. The highest BCUT2D eigenvalue weighted by Gasteiger charge is 2.00. The first-order chi connectivity index (χ1) is 8.40. The lowest BCUT2D eigenvalue weighted by Crippen LogP contribution is -1.87. The van der Waals surface area contributed by atoms with Crippen molar-refractivity contribution < 1.29 is 0 Å². The second kappa shape index (κ2) is 6.78. The van der Waals surface area contributed by atoms with Gasteiger partial charge in [-0.3, -0.25) is 0 Å². The van der Waals surface area contributed by atoms with Gasteiger partial charge in [-0.25, -0.2) is 4.98 Å². The summed E-state index contributed by atoms with van der Waals surface area (Å²) >= 11 is 1.85. The maximum atomic E-state index is 4.68. The van der Waals surface area contributed by atoms with Crippen LogP contribution in [0.3, 0.4) is 0 Å². The van der Waals surface area contributed by atoms with E-state index in [9.17, 15) is 0 Å². The normalized spacial score (nSPS) is 11.1. The highest BCUT2D eigenvalue weighted by atomic mass is 32.2. The minimum absolute atomic E-state index is 1.03. The van der Waals surface area contributed by atoms with Crippen LogP contribution in [0.15, 0.2) is 53.6 Å². The van der Waals surface area contributed by atoms with E-state index in [1.54, 1.807) is 0 Å². The van der Waals surface area contributed by atoms with Crippen LogP contribution in [-0.2, 0) is 0 Å². The Labute approximate surface area is 109 Å². The van der Waals surface area contributed by atoms with Gasteiger partial charge in [-0.2, -0.15) is 0 Å². The molecule has 0 aliphatic rings. The van der Waals surface area contributed by atoms with E-state index < -0.39 is 0 Å². The largest absolute Gasteiger partial charge is 0.241 e. The third kappa shape index (κ3) is 3.83. The third-order valence-corrected chi connectivity index (χ3v) is 4.44. The summed E-state index contributed by atoms with van der Waals surface area (Å²) in [5, 5.41) is 1.13. The highest BCUT2D eigenvalue weighted by molar-refractivity contribution is 7.99. The molecule has 88 valence electrons. The van der Waals surface area contributed by atoms with Crippen molar-refractivity contribution in [3.63, 3.8) is 0 Å². The van der Waals surface area contributed by atoms with Crippen LogP contribution in [0.5, 0.6) is 0 Å². The van der Waals surface area contributed by atoms with Crippen molar-refractivity contribution in [2.45, 2.75) is 5.03 Å². The molecule has 1 aromatic carbocycles. The monoisotopic (exact) mass is 261 g/mol. The first-order valence-electron chi connectivity index (χ1n) is 5.70. The Hall–Kier alpha value is -0.850. The Kier molecular flexibility index (Phi) is 5.03. The van der Waals surface area contributed by atoms with Gasteiger partial charge in [0.15, 0.2) is 0 Å². The molecule has 0 N–H and O–H groups in total. The second-order valence-electron chi connectivity index (χ2n) is 3.68. The predicted octanol–water partition coefficient (Wildman–Crippen LogP) is 4.15. The molecule has 2 aromatic rings. The smallest absolute Gasteiger partial charge is 0.0967 e. The van der Waals surface area contributed by atoms with Gasteiger partial charge in [-0.05, 0) is 25.0 Å². The molecule has 1 unspecified atom stereocenters. The molecule has 1 nitrogen and oxygen atoms in total. The Balaban J connectivity index is 2.12. The molecule has 17 heavy (non-hydrogen) atoms. The molecule has 0 bridgehead atoms. The summed E-state index contributed by atoms with van der Waals surface area (Å²) in [6, 6.07) is 16.6. The summed E-state index contributed by atoms with van der Waals surface area (Å²) < 4.78 is 0. The van der Waals surface area contributed by atoms with Crippen molar-refractivity contribution in [3.8, 4) is 11.3 Å². The minimum atomic E-state index is 1.03. The molecule has 0 aliphatic carbocycles. The van der Waals surface area contributed by atoms with Gasteiger partial charge in [0.1, 0.15) is 0 Å². The van der Waals surface area contributed by atoms with Crippen LogP contribution in [0.1, 0.15) is 0 Å². The summed E-state index contributed by atoms with van der Waals surface area (Å²) in [6.07, 6.45) is 1.28. The van der Waals surface area contributed by atoms with Crippen LogP contribution in [0.4, 0.5) is 0 Å². The third-order valence-electron chi connectivity index (χ3n) is 2.40. The average molecular weight is 261 g/mol.